The van der Waals surface area contributed by atoms with Crippen LogP contribution in [0.2, 0.25) is 10.0 Å². The summed E-state index contributed by atoms with van der Waals surface area (Å²) in [6.45, 7) is 4.69. The monoisotopic (exact) mass is 422 g/mol. The van der Waals surface area contributed by atoms with Gasteiger partial charge in [0.05, 0.1) is 26.9 Å². The molecule has 0 atom stereocenters. The molecule has 3 rings (SSSR count). The highest BCUT2D eigenvalue weighted by atomic mass is 35.5. The Kier molecular flexibility index (Phi) is 6.58. The fourth-order valence-electron chi connectivity index (χ4n) is 2.61. The van der Waals surface area contributed by atoms with Crippen LogP contribution in [-0.2, 0) is 0 Å². The molecule has 0 spiro atoms. The van der Waals surface area contributed by atoms with Crippen molar-refractivity contribution in [3.05, 3.63) is 51.5 Å². The van der Waals surface area contributed by atoms with Crippen molar-refractivity contribution >= 4 is 55.8 Å². The molecule has 0 bridgehead atoms. The molecule has 0 aliphatic carbocycles. The molecule has 4 nitrogen and oxygen atoms in total. The summed E-state index contributed by atoms with van der Waals surface area (Å²) in [4.78, 5) is 17.0. The van der Waals surface area contributed by atoms with Gasteiger partial charge >= 0.3 is 0 Å². The first-order chi connectivity index (χ1) is 13.0. The average Bonchev–Trinajstić information content (AvgIpc) is 3.01. The van der Waals surface area contributed by atoms with Crippen LogP contribution in [0.3, 0.4) is 0 Å². The standard InChI is InChI=1S/C20H20Cl2N2O2S/c1-3-4-5-8-26-18-14(21)10-13(11-15(18)22)19(25)24-20-23-16-7-6-12(2)9-17(16)27-20/h6-7,9-11H,3-5,8H2,1-2H3,(H,23,24,25). The lowest BCUT2D eigenvalue weighted by Crippen LogP contribution is -2.12. The Hall–Kier alpha value is -1.82. The molecule has 0 saturated carbocycles. The van der Waals surface area contributed by atoms with Crippen LogP contribution in [0.15, 0.2) is 30.3 Å². The number of anilines is 1. The van der Waals surface area contributed by atoms with Crippen LogP contribution in [0.4, 0.5) is 5.13 Å². The minimum atomic E-state index is -0.313. The summed E-state index contributed by atoms with van der Waals surface area (Å²) in [5.41, 5.74) is 2.37. The van der Waals surface area contributed by atoms with Crippen LogP contribution in [0.5, 0.6) is 5.75 Å². The Morgan fingerprint density at radius 1 is 1.19 bits per heavy atom. The molecule has 2 aromatic carbocycles. The highest BCUT2D eigenvalue weighted by Gasteiger charge is 2.16. The number of carbonyl (C=O) groups is 1. The number of hydrogen-bond acceptors (Lipinski definition) is 4. The van der Waals surface area contributed by atoms with Crippen molar-refractivity contribution in [3.8, 4) is 5.75 Å². The smallest absolute Gasteiger partial charge is 0.257 e. The molecule has 0 fully saturated rings. The molecular formula is C20H20Cl2N2O2S. The molecule has 0 aliphatic rings. The number of rotatable bonds is 7. The molecule has 142 valence electrons. The summed E-state index contributed by atoms with van der Waals surface area (Å²) in [5.74, 6) is 0.105. The van der Waals surface area contributed by atoms with Gasteiger partial charge < -0.3 is 4.74 Å². The first-order valence-electron chi connectivity index (χ1n) is 8.78. The van der Waals surface area contributed by atoms with Crippen molar-refractivity contribution in [1.29, 1.82) is 0 Å². The van der Waals surface area contributed by atoms with E-state index in [-0.39, 0.29) is 5.91 Å². The number of aromatic nitrogens is 1. The number of hydrogen-bond donors (Lipinski definition) is 1. The van der Waals surface area contributed by atoms with Gasteiger partial charge in [0, 0.05) is 5.56 Å². The number of benzene rings is 2. The van der Waals surface area contributed by atoms with Crippen LogP contribution in [0.25, 0.3) is 10.2 Å². The zero-order valence-electron chi connectivity index (χ0n) is 15.1. The summed E-state index contributed by atoms with van der Waals surface area (Å²) in [6, 6.07) is 9.10. The van der Waals surface area contributed by atoms with Crippen molar-refractivity contribution in [1.82, 2.24) is 4.98 Å². The number of nitrogens with zero attached hydrogens (tertiary/aromatic N) is 1. The van der Waals surface area contributed by atoms with E-state index in [9.17, 15) is 4.79 Å². The normalized spacial score (nSPS) is 11.0. The van der Waals surface area contributed by atoms with Gasteiger partial charge in [-0.3, -0.25) is 10.1 Å². The van der Waals surface area contributed by atoms with E-state index in [4.69, 9.17) is 27.9 Å². The van der Waals surface area contributed by atoms with E-state index in [2.05, 4.69) is 17.2 Å². The quantitative estimate of drug-likeness (QED) is 0.429. The SMILES string of the molecule is CCCCCOc1c(Cl)cc(C(=O)Nc2nc3ccc(C)cc3s2)cc1Cl. The second-order valence-electron chi connectivity index (χ2n) is 6.27. The fourth-order valence-corrected chi connectivity index (χ4v) is 4.17. The van der Waals surface area contributed by atoms with Crippen molar-refractivity contribution in [2.24, 2.45) is 0 Å². The Balaban J connectivity index is 1.73. The average molecular weight is 423 g/mol. The molecule has 27 heavy (non-hydrogen) atoms. The largest absolute Gasteiger partial charge is 0.490 e. The molecular weight excluding hydrogens is 403 g/mol. The molecule has 1 N–H and O–H groups in total. The van der Waals surface area contributed by atoms with E-state index in [1.807, 2.05) is 25.1 Å². The van der Waals surface area contributed by atoms with Crippen LogP contribution in [-0.4, -0.2) is 17.5 Å². The van der Waals surface area contributed by atoms with Crippen molar-refractivity contribution in [2.45, 2.75) is 33.1 Å². The van der Waals surface area contributed by atoms with E-state index in [1.165, 1.54) is 11.3 Å². The van der Waals surface area contributed by atoms with Gasteiger partial charge in [0.2, 0.25) is 0 Å². The number of aryl methyl sites for hydroxylation is 1. The van der Waals surface area contributed by atoms with Gasteiger partial charge in [-0.1, -0.05) is 60.4 Å². The first-order valence-corrected chi connectivity index (χ1v) is 10.4. The van der Waals surface area contributed by atoms with E-state index < -0.39 is 0 Å². The van der Waals surface area contributed by atoms with E-state index >= 15 is 0 Å². The molecule has 1 heterocycles. The Bertz CT molecular complexity index is 949. The molecule has 0 saturated heterocycles. The van der Waals surface area contributed by atoms with Crippen LogP contribution < -0.4 is 10.1 Å². The zero-order valence-corrected chi connectivity index (χ0v) is 17.5. The minimum absolute atomic E-state index is 0.313. The molecule has 0 aliphatic heterocycles. The zero-order chi connectivity index (χ0) is 19.4. The molecule has 1 amide bonds. The van der Waals surface area contributed by atoms with Crippen LogP contribution in [0.1, 0.15) is 42.1 Å². The Morgan fingerprint density at radius 2 is 1.93 bits per heavy atom. The number of thiazole rings is 1. The summed E-state index contributed by atoms with van der Waals surface area (Å²) in [6.07, 6.45) is 3.12. The third kappa shape index (κ3) is 4.92. The lowest BCUT2D eigenvalue weighted by Gasteiger charge is -2.11. The number of halogens is 2. The molecule has 0 unspecified atom stereocenters. The molecule has 7 heteroatoms. The molecule has 1 aromatic heterocycles. The highest BCUT2D eigenvalue weighted by Crippen LogP contribution is 2.35. The van der Waals surface area contributed by atoms with E-state index in [1.54, 1.807) is 12.1 Å². The number of amides is 1. The Morgan fingerprint density at radius 3 is 2.63 bits per heavy atom. The van der Waals surface area contributed by atoms with Gasteiger partial charge in [-0.15, -0.1) is 0 Å². The van der Waals surface area contributed by atoms with Gasteiger partial charge in [0.1, 0.15) is 0 Å². The van der Waals surface area contributed by atoms with Gasteiger partial charge in [-0.25, -0.2) is 4.98 Å². The molecule has 3 aromatic rings. The number of unbranched alkanes of at least 4 members (excludes halogenated alkanes) is 2. The van der Waals surface area contributed by atoms with Gasteiger partial charge in [-0.2, -0.15) is 0 Å². The van der Waals surface area contributed by atoms with Crippen molar-refractivity contribution < 1.29 is 9.53 Å². The fraction of sp³-hybridized carbons (Fsp3) is 0.300. The summed E-state index contributed by atoms with van der Waals surface area (Å²) >= 11 is 14.0. The maximum Gasteiger partial charge on any atom is 0.257 e. The van der Waals surface area contributed by atoms with Crippen LogP contribution in [0, 0.1) is 6.92 Å². The van der Waals surface area contributed by atoms with Gasteiger partial charge in [0.15, 0.2) is 10.9 Å². The van der Waals surface area contributed by atoms with Crippen LogP contribution >= 0.6 is 34.5 Å². The number of fused-ring (bicyclic) bond motifs is 1. The van der Waals surface area contributed by atoms with Gasteiger partial charge in [0.25, 0.3) is 5.91 Å². The number of ether oxygens (including phenoxy) is 1. The third-order valence-corrected chi connectivity index (χ3v) is 5.51. The van der Waals surface area contributed by atoms with E-state index in [0.29, 0.717) is 33.1 Å². The minimum Gasteiger partial charge on any atom is -0.490 e. The molecule has 0 radical (unpaired) electrons. The maximum absolute atomic E-state index is 12.6. The summed E-state index contributed by atoms with van der Waals surface area (Å²) < 4.78 is 6.69. The first kappa shape index (κ1) is 19.9. The topological polar surface area (TPSA) is 51.2 Å². The van der Waals surface area contributed by atoms with E-state index in [0.717, 1.165) is 35.0 Å². The summed E-state index contributed by atoms with van der Waals surface area (Å²) in [5, 5.41) is 3.99. The number of carbonyl (C=O) groups excluding carboxylic acids is 1. The van der Waals surface area contributed by atoms with Gasteiger partial charge in [-0.05, 0) is 43.2 Å². The highest BCUT2D eigenvalue weighted by molar-refractivity contribution is 7.22. The third-order valence-electron chi connectivity index (χ3n) is 4.02. The lowest BCUT2D eigenvalue weighted by atomic mass is 10.2. The summed E-state index contributed by atoms with van der Waals surface area (Å²) in [7, 11) is 0. The number of nitrogens with one attached hydrogen (secondary N) is 1. The maximum atomic E-state index is 12.6. The predicted molar refractivity (Wildman–Crippen MR) is 114 cm³/mol. The Labute approximate surface area is 172 Å². The lowest BCUT2D eigenvalue weighted by molar-refractivity contribution is 0.102. The van der Waals surface area contributed by atoms with Crippen molar-refractivity contribution in [2.75, 3.05) is 11.9 Å². The predicted octanol–water partition coefficient (Wildman–Crippen LogP) is 6.73. The van der Waals surface area contributed by atoms with Crippen molar-refractivity contribution in [3.63, 3.8) is 0 Å². The second-order valence-corrected chi connectivity index (χ2v) is 8.11. The second kappa shape index (κ2) is 8.91.